The summed E-state index contributed by atoms with van der Waals surface area (Å²) in [7, 11) is 0. The van der Waals surface area contributed by atoms with Gasteiger partial charge >= 0.3 is 5.97 Å². The third kappa shape index (κ3) is 4.12. The summed E-state index contributed by atoms with van der Waals surface area (Å²) < 4.78 is 5.31. The highest BCUT2D eigenvalue weighted by molar-refractivity contribution is 7.99. The molecule has 2 rings (SSSR count). The van der Waals surface area contributed by atoms with Crippen molar-refractivity contribution in [3.8, 4) is 0 Å². The number of aliphatic carboxylic acids is 1. The second-order valence-corrected chi connectivity index (χ2v) is 5.31. The van der Waals surface area contributed by atoms with E-state index < -0.39 is 5.97 Å². The minimum absolute atomic E-state index is 0.117. The first-order chi connectivity index (χ1) is 9.04. The Kier molecular flexibility index (Phi) is 4.68. The van der Waals surface area contributed by atoms with Gasteiger partial charge in [-0.1, -0.05) is 41.0 Å². The van der Waals surface area contributed by atoms with Crippen molar-refractivity contribution < 1.29 is 14.3 Å². The molecular weight excluding hydrogens is 311 g/mol. The maximum atomic E-state index is 10.4. The molecule has 0 aliphatic rings. The van der Waals surface area contributed by atoms with Crippen molar-refractivity contribution in [2.45, 2.75) is 11.6 Å². The van der Waals surface area contributed by atoms with Crippen molar-refractivity contribution in [1.82, 2.24) is 10.2 Å². The monoisotopic (exact) mass is 318 g/mol. The number of halogens is 2. The Morgan fingerprint density at radius 3 is 2.79 bits per heavy atom. The quantitative estimate of drug-likeness (QED) is 0.853. The number of rotatable bonds is 5. The largest absolute Gasteiger partial charge is 0.481 e. The molecule has 1 aromatic carbocycles. The Bertz CT molecular complexity index is 603. The van der Waals surface area contributed by atoms with Crippen LogP contribution in [-0.2, 0) is 11.2 Å². The number of carboxylic acids is 1. The number of hydrogen-bond donors (Lipinski definition) is 1. The fraction of sp³-hybridized carbons (Fsp3) is 0.182. The number of hydrogen-bond acceptors (Lipinski definition) is 5. The highest BCUT2D eigenvalue weighted by Gasteiger charge is 2.10. The van der Waals surface area contributed by atoms with Gasteiger partial charge in [-0.2, -0.15) is 0 Å². The lowest BCUT2D eigenvalue weighted by atomic mass is 10.1. The van der Waals surface area contributed by atoms with Gasteiger partial charge in [-0.05, 0) is 17.7 Å². The molecule has 1 heterocycles. The van der Waals surface area contributed by atoms with E-state index in [0.717, 1.165) is 17.3 Å². The molecule has 100 valence electrons. The molecule has 19 heavy (non-hydrogen) atoms. The van der Waals surface area contributed by atoms with Gasteiger partial charge in [0.25, 0.3) is 5.22 Å². The summed E-state index contributed by atoms with van der Waals surface area (Å²) >= 11 is 12.7. The zero-order valence-corrected chi connectivity index (χ0v) is 11.8. The summed E-state index contributed by atoms with van der Waals surface area (Å²) in [5.41, 5.74) is 0.882. The first kappa shape index (κ1) is 14.2. The lowest BCUT2D eigenvalue weighted by Crippen LogP contribution is -1.97. The van der Waals surface area contributed by atoms with Crippen molar-refractivity contribution in [3.05, 3.63) is 39.7 Å². The predicted octanol–water partition coefficient (Wildman–Crippen LogP) is 3.14. The molecule has 1 N–H and O–H groups in total. The van der Waals surface area contributed by atoms with Gasteiger partial charge in [0.05, 0.1) is 16.5 Å². The normalized spacial score (nSPS) is 10.6. The van der Waals surface area contributed by atoms with Crippen LogP contribution >= 0.6 is 35.0 Å². The van der Waals surface area contributed by atoms with Gasteiger partial charge < -0.3 is 9.52 Å². The molecule has 0 saturated heterocycles. The van der Waals surface area contributed by atoms with Crippen LogP contribution in [0.25, 0.3) is 0 Å². The van der Waals surface area contributed by atoms with Crippen molar-refractivity contribution in [2.24, 2.45) is 0 Å². The third-order valence-electron chi connectivity index (χ3n) is 2.11. The van der Waals surface area contributed by atoms with E-state index in [0.29, 0.717) is 22.4 Å². The number of carboxylic acid groups (broad SMARTS) is 1. The predicted molar refractivity (Wildman–Crippen MR) is 71.9 cm³/mol. The fourth-order valence-electron chi connectivity index (χ4n) is 1.32. The molecule has 5 nitrogen and oxygen atoms in total. The number of thioether (sulfide) groups is 1. The first-order valence-electron chi connectivity index (χ1n) is 5.15. The Labute approximate surface area is 122 Å². The minimum atomic E-state index is -0.936. The molecule has 8 heteroatoms. The van der Waals surface area contributed by atoms with E-state index >= 15 is 0 Å². The zero-order chi connectivity index (χ0) is 13.8. The number of benzene rings is 1. The van der Waals surface area contributed by atoms with Crippen LogP contribution in [-0.4, -0.2) is 27.0 Å². The SMILES string of the molecule is O=C(O)CSc1nnc(Cc2ccc(Cl)c(Cl)c2)o1. The lowest BCUT2D eigenvalue weighted by molar-refractivity contribution is -0.133. The molecule has 0 spiro atoms. The summed E-state index contributed by atoms with van der Waals surface area (Å²) in [4.78, 5) is 10.4. The van der Waals surface area contributed by atoms with Crippen LogP contribution in [0.4, 0.5) is 0 Å². The van der Waals surface area contributed by atoms with E-state index in [4.69, 9.17) is 32.7 Å². The van der Waals surface area contributed by atoms with Crippen molar-refractivity contribution >= 4 is 40.9 Å². The van der Waals surface area contributed by atoms with E-state index in [2.05, 4.69) is 10.2 Å². The highest BCUT2D eigenvalue weighted by Crippen LogP contribution is 2.24. The van der Waals surface area contributed by atoms with E-state index in [1.165, 1.54) is 0 Å². The molecule has 2 aromatic rings. The van der Waals surface area contributed by atoms with Crippen LogP contribution in [0.15, 0.2) is 27.8 Å². The molecule has 0 atom stereocenters. The zero-order valence-electron chi connectivity index (χ0n) is 9.47. The molecule has 0 fully saturated rings. The van der Waals surface area contributed by atoms with Gasteiger partial charge in [0, 0.05) is 0 Å². The van der Waals surface area contributed by atoms with Gasteiger partial charge in [-0.15, -0.1) is 10.2 Å². The van der Waals surface area contributed by atoms with Gasteiger partial charge in [0.2, 0.25) is 5.89 Å². The molecule has 0 amide bonds. The Morgan fingerprint density at radius 1 is 1.32 bits per heavy atom. The maximum Gasteiger partial charge on any atom is 0.314 e. The number of aromatic nitrogens is 2. The maximum absolute atomic E-state index is 10.4. The standard InChI is InChI=1S/C11H8Cl2N2O3S/c12-7-2-1-6(3-8(7)13)4-9-14-15-11(18-9)19-5-10(16)17/h1-3H,4-5H2,(H,16,17). The molecule has 0 bridgehead atoms. The van der Waals surface area contributed by atoms with Gasteiger partial charge in [-0.25, -0.2) is 0 Å². The summed E-state index contributed by atoms with van der Waals surface area (Å²) in [6.07, 6.45) is 0.414. The smallest absolute Gasteiger partial charge is 0.314 e. The van der Waals surface area contributed by atoms with Crippen LogP contribution in [0.5, 0.6) is 0 Å². The topological polar surface area (TPSA) is 76.2 Å². The van der Waals surface area contributed by atoms with Crippen molar-refractivity contribution in [1.29, 1.82) is 0 Å². The fourth-order valence-corrected chi connectivity index (χ4v) is 2.14. The van der Waals surface area contributed by atoms with Crippen LogP contribution in [0.1, 0.15) is 11.5 Å². The van der Waals surface area contributed by atoms with Gasteiger partial charge in [0.15, 0.2) is 0 Å². The molecule has 0 saturated carbocycles. The van der Waals surface area contributed by atoms with Crippen LogP contribution in [0, 0.1) is 0 Å². The molecule has 0 aliphatic heterocycles. The summed E-state index contributed by atoms with van der Waals surface area (Å²) in [6.45, 7) is 0. The van der Waals surface area contributed by atoms with E-state index in [1.54, 1.807) is 12.1 Å². The second-order valence-electron chi connectivity index (χ2n) is 3.57. The van der Waals surface area contributed by atoms with Crippen LogP contribution in [0.3, 0.4) is 0 Å². The lowest BCUT2D eigenvalue weighted by Gasteiger charge is -1.99. The Balaban J connectivity index is 2.02. The summed E-state index contributed by atoms with van der Waals surface area (Å²) in [6, 6.07) is 5.22. The Morgan fingerprint density at radius 2 is 2.11 bits per heavy atom. The van der Waals surface area contributed by atoms with Gasteiger partial charge in [-0.3, -0.25) is 4.79 Å². The number of nitrogens with zero attached hydrogens (tertiary/aromatic N) is 2. The molecular formula is C11H8Cl2N2O3S. The molecule has 0 radical (unpaired) electrons. The van der Waals surface area contributed by atoms with E-state index in [1.807, 2.05) is 6.07 Å². The minimum Gasteiger partial charge on any atom is -0.481 e. The van der Waals surface area contributed by atoms with Crippen LogP contribution in [0.2, 0.25) is 10.0 Å². The Hall–Kier alpha value is -1.24. The van der Waals surface area contributed by atoms with E-state index in [-0.39, 0.29) is 11.0 Å². The summed E-state index contributed by atoms with van der Waals surface area (Å²) in [5.74, 6) is -0.658. The van der Waals surface area contributed by atoms with Crippen LogP contribution < -0.4 is 0 Å². The molecule has 0 aliphatic carbocycles. The van der Waals surface area contributed by atoms with Crippen molar-refractivity contribution in [3.63, 3.8) is 0 Å². The highest BCUT2D eigenvalue weighted by atomic mass is 35.5. The van der Waals surface area contributed by atoms with Crippen molar-refractivity contribution in [2.75, 3.05) is 5.75 Å². The average Bonchev–Trinajstić information content (AvgIpc) is 2.79. The second kappa shape index (κ2) is 6.27. The van der Waals surface area contributed by atoms with E-state index in [9.17, 15) is 4.79 Å². The average molecular weight is 319 g/mol. The number of carbonyl (C=O) groups is 1. The summed E-state index contributed by atoms with van der Waals surface area (Å²) in [5, 5.41) is 17.3. The molecule has 0 unspecified atom stereocenters. The first-order valence-corrected chi connectivity index (χ1v) is 6.89. The third-order valence-corrected chi connectivity index (χ3v) is 3.65. The molecule has 1 aromatic heterocycles. The van der Waals surface area contributed by atoms with Gasteiger partial charge in [0.1, 0.15) is 5.75 Å².